The predicted molar refractivity (Wildman–Crippen MR) is 86.8 cm³/mol. The summed E-state index contributed by atoms with van der Waals surface area (Å²) in [6, 6.07) is 3.83. The molecule has 0 fully saturated rings. The maximum atomic E-state index is 12.0. The quantitative estimate of drug-likeness (QED) is 0.889. The molecule has 21 heavy (non-hydrogen) atoms. The van der Waals surface area contributed by atoms with Crippen molar-refractivity contribution in [2.24, 2.45) is 0 Å². The first kappa shape index (κ1) is 15.7. The predicted octanol–water partition coefficient (Wildman–Crippen LogP) is 2.90. The lowest BCUT2D eigenvalue weighted by Crippen LogP contribution is -2.31. The lowest BCUT2D eigenvalue weighted by molar-refractivity contribution is -0.130. The zero-order valence-electron chi connectivity index (χ0n) is 12.1. The lowest BCUT2D eigenvalue weighted by Gasteiger charge is -2.17. The van der Waals surface area contributed by atoms with Gasteiger partial charge in [-0.1, -0.05) is 0 Å². The molecule has 2 heterocycles. The van der Waals surface area contributed by atoms with E-state index in [1.165, 1.54) is 21.8 Å². The molecule has 4 nitrogen and oxygen atoms in total. The third kappa shape index (κ3) is 4.41. The molecule has 112 valence electrons. The lowest BCUT2D eigenvalue weighted by atomic mass is 10.2. The van der Waals surface area contributed by atoms with Crippen LogP contribution in [0.2, 0.25) is 0 Å². The van der Waals surface area contributed by atoms with E-state index < -0.39 is 0 Å². The van der Waals surface area contributed by atoms with Gasteiger partial charge in [-0.3, -0.25) is 9.59 Å². The number of rotatable bonds is 6. The minimum absolute atomic E-state index is 0.0356. The van der Waals surface area contributed by atoms with Crippen LogP contribution < -0.4 is 5.32 Å². The van der Waals surface area contributed by atoms with Crippen molar-refractivity contribution >= 4 is 34.5 Å². The van der Waals surface area contributed by atoms with Gasteiger partial charge in [0.1, 0.15) is 0 Å². The third-order valence-corrected chi connectivity index (χ3v) is 4.87. The van der Waals surface area contributed by atoms with Crippen LogP contribution in [-0.4, -0.2) is 30.3 Å². The van der Waals surface area contributed by atoms with E-state index in [1.807, 2.05) is 17.7 Å². The normalized spacial score (nSPS) is 10.4. The number of aryl methyl sites for hydroxylation is 1. The molecule has 0 atom stereocenters. The van der Waals surface area contributed by atoms with Crippen molar-refractivity contribution in [3.8, 4) is 0 Å². The highest BCUT2D eigenvalue weighted by Crippen LogP contribution is 2.17. The first-order chi connectivity index (χ1) is 10.1. The van der Waals surface area contributed by atoms with E-state index >= 15 is 0 Å². The van der Waals surface area contributed by atoms with E-state index in [-0.39, 0.29) is 11.8 Å². The Morgan fingerprint density at radius 1 is 1.29 bits per heavy atom. The molecule has 2 amide bonds. The van der Waals surface area contributed by atoms with Crippen LogP contribution in [0.15, 0.2) is 28.3 Å². The molecule has 1 N–H and O–H groups in total. The zero-order chi connectivity index (χ0) is 15.2. The van der Waals surface area contributed by atoms with Crippen molar-refractivity contribution in [2.75, 3.05) is 13.6 Å². The van der Waals surface area contributed by atoms with Crippen LogP contribution in [0, 0.1) is 6.92 Å². The van der Waals surface area contributed by atoms with Gasteiger partial charge in [0.2, 0.25) is 5.91 Å². The van der Waals surface area contributed by atoms with Gasteiger partial charge in [-0.25, -0.2) is 0 Å². The van der Waals surface area contributed by atoms with Gasteiger partial charge < -0.3 is 10.2 Å². The molecule has 0 aliphatic carbocycles. The molecule has 2 rings (SSSR count). The van der Waals surface area contributed by atoms with Crippen LogP contribution in [0.5, 0.6) is 0 Å². The molecule has 0 bridgehead atoms. The summed E-state index contributed by atoms with van der Waals surface area (Å²) in [5, 5.41) is 8.45. The second kappa shape index (κ2) is 7.38. The summed E-state index contributed by atoms with van der Waals surface area (Å²) >= 11 is 3.14. The number of carbonyl (C=O) groups excluding carboxylic acids is 2. The number of hydrogen-bond acceptors (Lipinski definition) is 4. The van der Waals surface area contributed by atoms with E-state index in [9.17, 15) is 9.59 Å². The van der Waals surface area contributed by atoms with Gasteiger partial charge in [0, 0.05) is 35.8 Å². The fraction of sp³-hybridized carbons (Fsp3) is 0.333. The van der Waals surface area contributed by atoms with Crippen molar-refractivity contribution in [3.63, 3.8) is 0 Å². The Kier molecular flexibility index (Phi) is 5.52. The summed E-state index contributed by atoms with van der Waals surface area (Å²) in [4.78, 5) is 26.7. The Balaban J connectivity index is 1.74. The van der Waals surface area contributed by atoms with Gasteiger partial charge in [-0.15, -0.1) is 11.3 Å². The average Bonchev–Trinajstić information content (AvgIpc) is 3.11. The molecular formula is C15H18N2O2S2. The van der Waals surface area contributed by atoms with Crippen molar-refractivity contribution in [1.29, 1.82) is 0 Å². The smallest absolute Gasteiger partial charge is 0.252 e. The van der Waals surface area contributed by atoms with Crippen LogP contribution in [0.4, 0.5) is 0 Å². The molecule has 0 aromatic carbocycles. The first-order valence-electron chi connectivity index (χ1n) is 6.65. The first-order valence-corrected chi connectivity index (χ1v) is 8.47. The summed E-state index contributed by atoms with van der Waals surface area (Å²) in [5.41, 5.74) is 1.86. The number of thiophene rings is 2. The Bertz CT molecular complexity index is 605. The molecule has 0 aliphatic heterocycles. The Morgan fingerprint density at radius 3 is 2.71 bits per heavy atom. The summed E-state index contributed by atoms with van der Waals surface area (Å²) in [7, 11) is 1.79. The third-order valence-electron chi connectivity index (χ3n) is 3.18. The monoisotopic (exact) mass is 322 g/mol. The van der Waals surface area contributed by atoms with Crippen molar-refractivity contribution < 1.29 is 9.59 Å². The Morgan fingerprint density at radius 2 is 2.10 bits per heavy atom. The molecular weight excluding hydrogens is 304 g/mol. The molecule has 0 spiro atoms. The summed E-state index contributed by atoms with van der Waals surface area (Å²) in [6.45, 7) is 3.04. The van der Waals surface area contributed by atoms with E-state index in [4.69, 9.17) is 0 Å². The summed E-state index contributed by atoms with van der Waals surface area (Å²) in [5.74, 6) is -0.0887. The molecule has 6 heteroatoms. The van der Waals surface area contributed by atoms with Crippen LogP contribution >= 0.6 is 22.7 Å². The topological polar surface area (TPSA) is 49.4 Å². The van der Waals surface area contributed by atoms with Gasteiger partial charge in [0.05, 0.1) is 6.54 Å². The number of carbonyl (C=O) groups is 2. The fourth-order valence-electron chi connectivity index (χ4n) is 1.84. The Labute approximate surface area is 132 Å². The maximum absolute atomic E-state index is 12.0. The molecule has 0 radical (unpaired) electrons. The molecule has 2 aromatic rings. The van der Waals surface area contributed by atoms with Crippen LogP contribution in [-0.2, 0) is 11.3 Å². The second-order valence-corrected chi connectivity index (χ2v) is 6.58. The zero-order valence-corrected chi connectivity index (χ0v) is 13.7. The van der Waals surface area contributed by atoms with E-state index in [2.05, 4.69) is 11.4 Å². The SMILES string of the molecule is Cc1ccsc1CN(C)C(=O)CCNC(=O)c1ccsc1. The highest BCUT2D eigenvalue weighted by molar-refractivity contribution is 7.10. The van der Waals surface area contributed by atoms with Crippen LogP contribution in [0.1, 0.15) is 27.2 Å². The van der Waals surface area contributed by atoms with Gasteiger partial charge in [0.25, 0.3) is 5.91 Å². The second-order valence-electron chi connectivity index (χ2n) is 4.79. The summed E-state index contributed by atoms with van der Waals surface area (Å²) in [6.07, 6.45) is 0.316. The number of amides is 2. The number of nitrogens with one attached hydrogen (secondary N) is 1. The Hall–Kier alpha value is -1.66. The molecule has 0 unspecified atom stereocenters. The minimum atomic E-state index is -0.124. The van der Waals surface area contributed by atoms with Crippen LogP contribution in [0.25, 0.3) is 0 Å². The van der Waals surface area contributed by atoms with Crippen molar-refractivity contribution in [2.45, 2.75) is 19.9 Å². The van der Waals surface area contributed by atoms with Gasteiger partial charge in [0.15, 0.2) is 0 Å². The van der Waals surface area contributed by atoms with E-state index in [0.29, 0.717) is 25.1 Å². The molecule has 0 saturated carbocycles. The number of hydrogen-bond donors (Lipinski definition) is 1. The van der Waals surface area contributed by atoms with E-state index in [0.717, 1.165) is 0 Å². The molecule has 0 saturated heterocycles. The molecule has 2 aromatic heterocycles. The van der Waals surface area contributed by atoms with Gasteiger partial charge in [-0.05, 0) is 35.4 Å². The largest absolute Gasteiger partial charge is 0.351 e. The van der Waals surface area contributed by atoms with Gasteiger partial charge in [-0.2, -0.15) is 11.3 Å². The minimum Gasteiger partial charge on any atom is -0.351 e. The fourth-order valence-corrected chi connectivity index (χ4v) is 3.43. The van der Waals surface area contributed by atoms with E-state index in [1.54, 1.807) is 34.7 Å². The average molecular weight is 322 g/mol. The van der Waals surface area contributed by atoms with Crippen LogP contribution in [0.3, 0.4) is 0 Å². The highest BCUT2D eigenvalue weighted by Gasteiger charge is 2.12. The standard InChI is InChI=1S/C15H18N2O2S2/c1-11-4-8-21-13(11)9-17(2)14(18)3-6-16-15(19)12-5-7-20-10-12/h4-5,7-8,10H,3,6,9H2,1-2H3,(H,16,19). The van der Waals surface area contributed by atoms with Crippen molar-refractivity contribution in [3.05, 3.63) is 44.3 Å². The number of nitrogens with zero attached hydrogens (tertiary/aromatic N) is 1. The van der Waals surface area contributed by atoms with Gasteiger partial charge >= 0.3 is 0 Å². The molecule has 0 aliphatic rings. The highest BCUT2D eigenvalue weighted by atomic mass is 32.1. The summed E-state index contributed by atoms with van der Waals surface area (Å²) < 4.78 is 0. The van der Waals surface area contributed by atoms with Crippen molar-refractivity contribution in [1.82, 2.24) is 10.2 Å². The maximum Gasteiger partial charge on any atom is 0.252 e.